The standard InChI is InChI=1S/C11H16OS2/c1-8-5-13-7-11(8,12)4-10-3-9(2)14-6-10/h3,6,8,12H,4-5,7H2,1-2H3. The number of aliphatic hydroxyl groups is 1. The Morgan fingerprint density at radius 3 is 2.93 bits per heavy atom. The van der Waals surface area contributed by atoms with E-state index in [1.807, 2.05) is 11.8 Å². The van der Waals surface area contributed by atoms with Crippen LogP contribution in [0.2, 0.25) is 0 Å². The van der Waals surface area contributed by atoms with Crippen molar-refractivity contribution >= 4 is 23.1 Å². The van der Waals surface area contributed by atoms with Gasteiger partial charge < -0.3 is 5.11 Å². The van der Waals surface area contributed by atoms with Crippen molar-refractivity contribution in [2.75, 3.05) is 11.5 Å². The summed E-state index contributed by atoms with van der Waals surface area (Å²) in [5.74, 6) is 2.41. The zero-order chi connectivity index (χ0) is 10.2. The van der Waals surface area contributed by atoms with Crippen molar-refractivity contribution in [3.63, 3.8) is 0 Å². The summed E-state index contributed by atoms with van der Waals surface area (Å²) in [4.78, 5) is 1.34. The molecule has 1 N–H and O–H groups in total. The van der Waals surface area contributed by atoms with Crippen LogP contribution in [0.5, 0.6) is 0 Å². The van der Waals surface area contributed by atoms with Crippen molar-refractivity contribution in [2.24, 2.45) is 5.92 Å². The molecule has 3 heteroatoms. The molecule has 2 unspecified atom stereocenters. The highest BCUT2D eigenvalue weighted by atomic mass is 32.2. The average Bonchev–Trinajstić information content (AvgIpc) is 2.62. The first-order chi connectivity index (χ1) is 6.60. The fraction of sp³-hybridized carbons (Fsp3) is 0.636. The van der Waals surface area contributed by atoms with Crippen molar-refractivity contribution in [3.05, 3.63) is 21.9 Å². The summed E-state index contributed by atoms with van der Waals surface area (Å²) in [6, 6.07) is 2.19. The molecule has 14 heavy (non-hydrogen) atoms. The fourth-order valence-electron chi connectivity index (χ4n) is 1.88. The van der Waals surface area contributed by atoms with Crippen LogP contribution in [0.3, 0.4) is 0 Å². The van der Waals surface area contributed by atoms with E-state index in [4.69, 9.17) is 0 Å². The van der Waals surface area contributed by atoms with Gasteiger partial charge in [-0.15, -0.1) is 11.3 Å². The number of aryl methyl sites for hydroxylation is 1. The lowest BCUT2D eigenvalue weighted by molar-refractivity contribution is 0.0279. The second kappa shape index (κ2) is 3.87. The van der Waals surface area contributed by atoms with E-state index in [0.29, 0.717) is 5.92 Å². The normalized spacial score (nSPS) is 32.4. The van der Waals surface area contributed by atoms with E-state index in [9.17, 15) is 5.11 Å². The highest BCUT2D eigenvalue weighted by molar-refractivity contribution is 7.99. The Balaban J connectivity index is 2.10. The van der Waals surface area contributed by atoms with Crippen LogP contribution < -0.4 is 0 Å². The lowest BCUT2D eigenvalue weighted by Gasteiger charge is -2.26. The summed E-state index contributed by atoms with van der Waals surface area (Å²) < 4.78 is 0. The van der Waals surface area contributed by atoms with Crippen LogP contribution in [-0.4, -0.2) is 22.2 Å². The van der Waals surface area contributed by atoms with Crippen LogP contribution in [0, 0.1) is 12.8 Å². The molecule has 1 aliphatic heterocycles. The van der Waals surface area contributed by atoms with E-state index >= 15 is 0 Å². The Hall–Kier alpha value is 0.01000. The van der Waals surface area contributed by atoms with Crippen LogP contribution in [0.15, 0.2) is 11.4 Å². The summed E-state index contributed by atoms with van der Waals surface area (Å²) >= 11 is 3.64. The second-order valence-corrected chi connectivity index (χ2v) is 6.41. The second-order valence-electron chi connectivity index (χ2n) is 4.26. The molecule has 1 saturated heterocycles. The number of hydrogen-bond acceptors (Lipinski definition) is 3. The van der Waals surface area contributed by atoms with Crippen LogP contribution in [0.1, 0.15) is 17.4 Å². The molecule has 0 bridgehead atoms. The predicted molar refractivity (Wildman–Crippen MR) is 64.2 cm³/mol. The molecule has 1 nitrogen and oxygen atoms in total. The maximum Gasteiger partial charge on any atom is 0.0811 e. The van der Waals surface area contributed by atoms with Gasteiger partial charge in [-0.05, 0) is 35.6 Å². The number of rotatable bonds is 2. The van der Waals surface area contributed by atoms with Gasteiger partial charge in [0.15, 0.2) is 0 Å². The summed E-state index contributed by atoms with van der Waals surface area (Å²) in [6.45, 7) is 4.27. The zero-order valence-electron chi connectivity index (χ0n) is 8.62. The molecule has 0 aromatic carbocycles. The van der Waals surface area contributed by atoms with Gasteiger partial charge in [0.2, 0.25) is 0 Å². The van der Waals surface area contributed by atoms with Crippen LogP contribution >= 0.6 is 23.1 Å². The van der Waals surface area contributed by atoms with E-state index in [-0.39, 0.29) is 0 Å². The third-order valence-electron chi connectivity index (χ3n) is 2.93. The van der Waals surface area contributed by atoms with Gasteiger partial charge in [-0.1, -0.05) is 6.92 Å². The van der Waals surface area contributed by atoms with Gasteiger partial charge in [-0.3, -0.25) is 0 Å². The quantitative estimate of drug-likeness (QED) is 0.840. The highest BCUT2D eigenvalue weighted by Gasteiger charge is 2.38. The Bertz CT molecular complexity index is 321. The zero-order valence-corrected chi connectivity index (χ0v) is 10.3. The number of hydrogen-bond donors (Lipinski definition) is 1. The molecule has 1 aromatic rings. The molecular formula is C11H16OS2. The first kappa shape index (κ1) is 10.5. The number of thioether (sulfide) groups is 1. The lowest BCUT2D eigenvalue weighted by atomic mass is 9.87. The van der Waals surface area contributed by atoms with Crippen LogP contribution in [0.4, 0.5) is 0 Å². The Kier molecular flexibility index (Phi) is 2.91. The molecule has 1 aliphatic rings. The van der Waals surface area contributed by atoms with Crippen LogP contribution in [-0.2, 0) is 6.42 Å². The first-order valence-electron chi connectivity index (χ1n) is 4.94. The van der Waals surface area contributed by atoms with E-state index in [1.54, 1.807) is 11.3 Å². The van der Waals surface area contributed by atoms with Crippen molar-refractivity contribution in [3.8, 4) is 0 Å². The van der Waals surface area contributed by atoms with E-state index in [2.05, 4.69) is 25.3 Å². The van der Waals surface area contributed by atoms with Gasteiger partial charge in [0.25, 0.3) is 0 Å². The van der Waals surface area contributed by atoms with Gasteiger partial charge in [-0.2, -0.15) is 11.8 Å². The van der Waals surface area contributed by atoms with Crippen molar-refractivity contribution in [1.29, 1.82) is 0 Å². The van der Waals surface area contributed by atoms with Crippen molar-refractivity contribution < 1.29 is 5.11 Å². The van der Waals surface area contributed by atoms with Crippen molar-refractivity contribution in [2.45, 2.75) is 25.9 Å². The van der Waals surface area contributed by atoms with Gasteiger partial charge in [-0.25, -0.2) is 0 Å². The molecule has 78 valence electrons. The lowest BCUT2D eigenvalue weighted by Crippen LogP contribution is -2.37. The molecular weight excluding hydrogens is 212 g/mol. The van der Waals surface area contributed by atoms with E-state index < -0.39 is 5.60 Å². The third-order valence-corrected chi connectivity index (χ3v) is 5.28. The van der Waals surface area contributed by atoms with E-state index in [0.717, 1.165) is 17.9 Å². The molecule has 0 saturated carbocycles. The molecule has 0 spiro atoms. The Morgan fingerprint density at radius 1 is 1.64 bits per heavy atom. The summed E-state index contributed by atoms with van der Waals surface area (Å²) in [5.41, 5.74) is 0.836. The fourth-order valence-corrected chi connectivity index (χ4v) is 4.11. The SMILES string of the molecule is Cc1cc(CC2(O)CSCC2C)cs1. The topological polar surface area (TPSA) is 20.2 Å². The molecule has 2 atom stereocenters. The molecule has 1 aromatic heterocycles. The number of thiophene rings is 1. The summed E-state index contributed by atoms with van der Waals surface area (Å²) in [7, 11) is 0. The van der Waals surface area contributed by atoms with Gasteiger partial charge in [0.1, 0.15) is 0 Å². The first-order valence-corrected chi connectivity index (χ1v) is 6.98. The minimum Gasteiger partial charge on any atom is -0.388 e. The predicted octanol–water partition coefficient (Wildman–Crippen LogP) is 2.71. The monoisotopic (exact) mass is 228 g/mol. The Morgan fingerprint density at radius 2 is 2.43 bits per heavy atom. The minimum atomic E-state index is -0.460. The van der Waals surface area contributed by atoms with Crippen LogP contribution in [0.25, 0.3) is 0 Å². The largest absolute Gasteiger partial charge is 0.388 e. The highest BCUT2D eigenvalue weighted by Crippen LogP contribution is 2.36. The molecule has 2 rings (SSSR count). The average molecular weight is 228 g/mol. The van der Waals surface area contributed by atoms with Gasteiger partial charge in [0.05, 0.1) is 5.60 Å². The van der Waals surface area contributed by atoms with E-state index in [1.165, 1.54) is 10.4 Å². The maximum absolute atomic E-state index is 10.4. The molecule has 2 heterocycles. The minimum absolute atomic E-state index is 0.424. The Labute approximate surface area is 93.5 Å². The van der Waals surface area contributed by atoms with Crippen molar-refractivity contribution in [1.82, 2.24) is 0 Å². The summed E-state index contributed by atoms with van der Waals surface area (Å²) in [5, 5.41) is 12.6. The molecule has 0 radical (unpaired) electrons. The third kappa shape index (κ3) is 2.00. The molecule has 0 amide bonds. The molecule has 0 aliphatic carbocycles. The van der Waals surface area contributed by atoms with Gasteiger partial charge >= 0.3 is 0 Å². The molecule has 1 fully saturated rings. The smallest absolute Gasteiger partial charge is 0.0811 e. The summed E-state index contributed by atoms with van der Waals surface area (Å²) in [6.07, 6.45) is 0.825. The van der Waals surface area contributed by atoms with Gasteiger partial charge in [0, 0.05) is 17.1 Å². The maximum atomic E-state index is 10.4.